The van der Waals surface area contributed by atoms with Crippen LogP contribution in [0.3, 0.4) is 0 Å². The lowest BCUT2D eigenvalue weighted by Crippen LogP contribution is -2.43. The van der Waals surface area contributed by atoms with Crippen LogP contribution in [0.25, 0.3) is 0 Å². The Bertz CT molecular complexity index is 607. The predicted octanol–water partition coefficient (Wildman–Crippen LogP) is 3.04. The summed E-state index contributed by atoms with van der Waals surface area (Å²) in [6, 6.07) is 8.14. The third kappa shape index (κ3) is 5.78. The Morgan fingerprint density at radius 3 is 2.56 bits per heavy atom. The summed E-state index contributed by atoms with van der Waals surface area (Å²) in [6.07, 6.45) is 6.79. The highest BCUT2D eigenvalue weighted by Gasteiger charge is 2.25. The van der Waals surface area contributed by atoms with E-state index in [1.165, 1.54) is 12.8 Å². The molecule has 0 amide bonds. The fourth-order valence-electron chi connectivity index (χ4n) is 3.12. The number of guanidine groups is 1. The van der Waals surface area contributed by atoms with E-state index in [4.69, 9.17) is 8.83 Å². The monoisotopic (exact) mass is 458 g/mol. The second-order valence-corrected chi connectivity index (χ2v) is 5.98. The molecule has 6 nitrogen and oxygen atoms in total. The average Bonchev–Trinajstić information content (AvgIpc) is 3.35. The quantitative estimate of drug-likeness (QED) is 0.380. The van der Waals surface area contributed by atoms with Gasteiger partial charge in [0.15, 0.2) is 5.96 Å². The first kappa shape index (κ1) is 19.8. The van der Waals surface area contributed by atoms with Crippen molar-refractivity contribution in [2.24, 2.45) is 4.99 Å². The highest BCUT2D eigenvalue weighted by atomic mass is 127. The van der Waals surface area contributed by atoms with E-state index in [-0.39, 0.29) is 30.0 Å². The first-order valence-electron chi connectivity index (χ1n) is 8.61. The predicted molar refractivity (Wildman–Crippen MR) is 109 cm³/mol. The number of likely N-dealkylation sites (tertiary alicyclic amines) is 1. The van der Waals surface area contributed by atoms with E-state index < -0.39 is 0 Å². The highest BCUT2D eigenvalue weighted by molar-refractivity contribution is 14.0. The van der Waals surface area contributed by atoms with E-state index in [0.29, 0.717) is 0 Å². The van der Waals surface area contributed by atoms with Crippen LogP contribution in [0.15, 0.2) is 50.6 Å². The zero-order valence-electron chi connectivity index (χ0n) is 14.6. The molecule has 138 valence electrons. The van der Waals surface area contributed by atoms with Gasteiger partial charge in [0.2, 0.25) is 0 Å². The van der Waals surface area contributed by atoms with Gasteiger partial charge in [0.1, 0.15) is 11.5 Å². The normalized spacial score (nSPS) is 16.4. The smallest absolute Gasteiger partial charge is 0.191 e. The van der Waals surface area contributed by atoms with Crippen molar-refractivity contribution in [1.29, 1.82) is 0 Å². The molecule has 7 heteroatoms. The molecule has 0 radical (unpaired) electrons. The lowest BCUT2D eigenvalue weighted by atomic mass is 10.2. The van der Waals surface area contributed by atoms with Gasteiger partial charge in [0.25, 0.3) is 0 Å². The Morgan fingerprint density at radius 1 is 1.16 bits per heavy atom. The topological polar surface area (TPSA) is 65.9 Å². The SMILES string of the molecule is CN=C(NCCc1ccco1)NCC(c1ccco1)N1CCCC1.I. The van der Waals surface area contributed by atoms with E-state index in [1.807, 2.05) is 18.2 Å². The van der Waals surface area contributed by atoms with Crippen molar-refractivity contribution in [3.05, 3.63) is 48.3 Å². The van der Waals surface area contributed by atoms with Crippen molar-refractivity contribution in [3.8, 4) is 0 Å². The Labute approximate surface area is 166 Å². The number of rotatable bonds is 7. The molecule has 2 aromatic rings. The maximum Gasteiger partial charge on any atom is 0.191 e. The second-order valence-electron chi connectivity index (χ2n) is 5.98. The van der Waals surface area contributed by atoms with Gasteiger partial charge < -0.3 is 19.5 Å². The maximum absolute atomic E-state index is 5.65. The van der Waals surface area contributed by atoms with Crippen LogP contribution >= 0.6 is 24.0 Å². The number of halogens is 1. The van der Waals surface area contributed by atoms with Crippen molar-refractivity contribution in [1.82, 2.24) is 15.5 Å². The van der Waals surface area contributed by atoms with Gasteiger partial charge in [-0.05, 0) is 50.2 Å². The first-order chi connectivity index (χ1) is 11.9. The largest absolute Gasteiger partial charge is 0.469 e. The standard InChI is InChI=1S/C18H26N4O2.HI/c1-19-18(20-9-8-15-6-4-12-23-15)21-14-16(17-7-5-13-24-17)22-10-2-3-11-22;/h4-7,12-13,16H,2-3,8-11,14H2,1H3,(H2,19,20,21);1H. The van der Waals surface area contributed by atoms with Crippen molar-refractivity contribution >= 4 is 29.9 Å². The second kappa shape index (κ2) is 10.5. The summed E-state index contributed by atoms with van der Waals surface area (Å²) >= 11 is 0. The number of nitrogens with one attached hydrogen (secondary N) is 2. The molecular formula is C18H27IN4O2. The third-order valence-corrected chi connectivity index (χ3v) is 4.38. The molecule has 1 aliphatic heterocycles. The van der Waals surface area contributed by atoms with Gasteiger partial charge >= 0.3 is 0 Å². The van der Waals surface area contributed by atoms with Crippen molar-refractivity contribution in [2.45, 2.75) is 25.3 Å². The van der Waals surface area contributed by atoms with Crippen LogP contribution in [0.1, 0.15) is 30.4 Å². The maximum atomic E-state index is 5.65. The minimum Gasteiger partial charge on any atom is -0.469 e. The molecule has 1 saturated heterocycles. The van der Waals surface area contributed by atoms with Crippen LogP contribution in [0, 0.1) is 0 Å². The van der Waals surface area contributed by atoms with Crippen LogP contribution in [0.2, 0.25) is 0 Å². The van der Waals surface area contributed by atoms with Crippen LogP contribution in [0.5, 0.6) is 0 Å². The Morgan fingerprint density at radius 2 is 1.92 bits per heavy atom. The summed E-state index contributed by atoms with van der Waals surface area (Å²) in [5.74, 6) is 2.79. The van der Waals surface area contributed by atoms with Gasteiger partial charge in [-0.25, -0.2) is 0 Å². The number of hydrogen-bond donors (Lipinski definition) is 2. The summed E-state index contributed by atoms with van der Waals surface area (Å²) in [5, 5.41) is 6.75. The molecule has 25 heavy (non-hydrogen) atoms. The van der Waals surface area contributed by atoms with Gasteiger partial charge in [0.05, 0.1) is 18.6 Å². The molecule has 1 unspecified atom stereocenters. The number of hydrogen-bond acceptors (Lipinski definition) is 4. The molecule has 3 rings (SSSR count). The molecule has 1 fully saturated rings. The molecule has 0 aliphatic carbocycles. The van der Waals surface area contributed by atoms with Crippen molar-refractivity contribution in [3.63, 3.8) is 0 Å². The molecule has 0 spiro atoms. The van der Waals surface area contributed by atoms with E-state index in [0.717, 1.165) is 50.1 Å². The van der Waals surface area contributed by atoms with Gasteiger partial charge in [-0.1, -0.05) is 0 Å². The Balaban J connectivity index is 0.00000225. The van der Waals surface area contributed by atoms with Crippen molar-refractivity contribution < 1.29 is 8.83 Å². The summed E-state index contributed by atoms with van der Waals surface area (Å²) < 4.78 is 11.0. The lowest BCUT2D eigenvalue weighted by molar-refractivity contribution is 0.215. The summed E-state index contributed by atoms with van der Waals surface area (Å²) in [7, 11) is 1.79. The molecule has 2 N–H and O–H groups in total. The summed E-state index contributed by atoms with van der Waals surface area (Å²) in [5.41, 5.74) is 0. The van der Waals surface area contributed by atoms with Crippen LogP contribution < -0.4 is 10.6 Å². The van der Waals surface area contributed by atoms with Crippen LogP contribution in [0.4, 0.5) is 0 Å². The fraction of sp³-hybridized carbons (Fsp3) is 0.500. The minimum atomic E-state index is 0. The van der Waals surface area contributed by atoms with E-state index in [9.17, 15) is 0 Å². The van der Waals surface area contributed by atoms with Crippen LogP contribution in [-0.2, 0) is 6.42 Å². The molecule has 0 bridgehead atoms. The molecule has 0 aromatic carbocycles. The zero-order valence-corrected chi connectivity index (χ0v) is 16.9. The molecule has 0 saturated carbocycles. The molecule has 1 atom stereocenters. The number of furan rings is 2. The van der Waals surface area contributed by atoms with Gasteiger partial charge in [0, 0.05) is 26.6 Å². The first-order valence-corrected chi connectivity index (χ1v) is 8.61. The molecule has 2 aromatic heterocycles. The number of aliphatic imine (C=N–C) groups is 1. The summed E-state index contributed by atoms with van der Waals surface area (Å²) in [6.45, 7) is 3.80. The van der Waals surface area contributed by atoms with Crippen LogP contribution in [-0.4, -0.2) is 44.1 Å². The summed E-state index contributed by atoms with van der Waals surface area (Å²) in [4.78, 5) is 6.78. The Kier molecular flexibility index (Phi) is 8.33. The fourth-order valence-corrected chi connectivity index (χ4v) is 3.12. The average molecular weight is 458 g/mol. The van der Waals surface area contributed by atoms with E-state index in [1.54, 1.807) is 19.6 Å². The van der Waals surface area contributed by atoms with E-state index in [2.05, 4.69) is 26.6 Å². The molecule has 1 aliphatic rings. The molecular weight excluding hydrogens is 431 g/mol. The van der Waals surface area contributed by atoms with Gasteiger partial charge in [-0.15, -0.1) is 24.0 Å². The van der Waals surface area contributed by atoms with E-state index >= 15 is 0 Å². The lowest BCUT2D eigenvalue weighted by Gasteiger charge is -2.26. The van der Waals surface area contributed by atoms with Gasteiger partial charge in [-0.2, -0.15) is 0 Å². The third-order valence-electron chi connectivity index (χ3n) is 4.38. The highest BCUT2D eigenvalue weighted by Crippen LogP contribution is 2.24. The van der Waals surface area contributed by atoms with Crippen molar-refractivity contribution in [2.75, 3.05) is 33.2 Å². The number of nitrogens with zero attached hydrogens (tertiary/aromatic N) is 2. The Hall–Kier alpha value is -1.48. The minimum absolute atomic E-state index is 0. The van der Waals surface area contributed by atoms with Gasteiger partial charge in [-0.3, -0.25) is 9.89 Å². The zero-order chi connectivity index (χ0) is 16.6. The molecule has 3 heterocycles.